The number of phenolic OH excluding ortho intramolecular Hbond substituents is 1. The van der Waals surface area contributed by atoms with Crippen molar-refractivity contribution in [2.45, 2.75) is 38.8 Å². The summed E-state index contributed by atoms with van der Waals surface area (Å²) >= 11 is 0. The first-order valence-electron chi connectivity index (χ1n) is 11.9. The first-order valence-corrected chi connectivity index (χ1v) is 11.9. The quantitative estimate of drug-likeness (QED) is 0.459. The predicted molar refractivity (Wildman–Crippen MR) is 133 cm³/mol. The molecule has 1 fully saturated rings. The van der Waals surface area contributed by atoms with Crippen molar-refractivity contribution in [1.29, 1.82) is 0 Å². The predicted octanol–water partition coefficient (Wildman–Crippen LogP) is 6.46. The topological polar surface area (TPSA) is 41.9 Å². The molecular weight excluding hydrogens is 429 g/mol. The zero-order chi connectivity index (χ0) is 23.7. The number of allylic oxidation sites excluding steroid dienone is 1. The van der Waals surface area contributed by atoms with Gasteiger partial charge in [0, 0.05) is 17.2 Å². The van der Waals surface area contributed by atoms with Crippen LogP contribution in [0.3, 0.4) is 0 Å². The first-order chi connectivity index (χ1) is 16.5. The fourth-order valence-electron chi connectivity index (χ4n) is 4.92. The summed E-state index contributed by atoms with van der Waals surface area (Å²) in [6.45, 7) is 7.20. The molecule has 0 bridgehead atoms. The number of rotatable bonds is 6. The fraction of sp³-hybridized carbons (Fsp3) is 0.310. The molecule has 5 heteroatoms. The van der Waals surface area contributed by atoms with E-state index >= 15 is 0 Å². The Morgan fingerprint density at radius 1 is 1.03 bits per heavy atom. The van der Waals surface area contributed by atoms with Gasteiger partial charge in [-0.2, -0.15) is 0 Å². The van der Waals surface area contributed by atoms with Crippen molar-refractivity contribution >= 4 is 11.1 Å². The van der Waals surface area contributed by atoms with Gasteiger partial charge in [0.05, 0.1) is 0 Å². The third-order valence-electron chi connectivity index (χ3n) is 6.87. The molecule has 1 saturated heterocycles. The molecule has 2 aliphatic rings. The zero-order valence-electron chi connectivity index (χ0n) is 19.6. The number of hydrogen-bond acceptors (Lipinski definition) is 4. The molecule has 5 rings (SSSR count). The van der Waals surface area contributed by atoms with Gasteiger partial charge in [-0.1, -0.05) is 24.3 Å². The van der Waals surface area contributed by atoms with Gasteiger partial charge < -0.3 is 14.6 Å². The van der Waals surface area contributed by atoms with Gasteiger partial charge in [0.25, 0.3) is 0 Å². The van der Waals surface area contributed by atoms with E-state index in [-0.39, 0.29) is 17.7 Å². The van der Waals surface area contributed by atoms with Crippen molar-refractivity contribution < 1.29 is 19.0 Å². The van der Waals surface area contributed by atoms with E-state index in [0.717, 1.165) is 46.7 Å². The lowest BCUT2D eigenvalue weighted by Gasteiger charge is -2.31. The molecule has 0 saturated carbocycles. The van der Waals surface area contributed by atoms with Crippen molar-refractivity contribution in [3.05, 3.63) is 89.2 Å². The van der Waals surface area contributed by atoms with Crippen LogP contribution in [0.4, 0.5) is 4.39 Å². The second kappa shape index (κ2) is 9.51. The molecule has 0 aliphatic carbocycles. The van der Waals surface area contributed by atoms with Crippen molar-refractivity contribution in [2.24, 2.45) is 0 Å². The highest BCUT2D eigenvalue weighted by atomic mass is 19.1. The molecular formula is C29H30FNO3. The van der Waals surface area contributed by atoms with E-state index in [1.165, 1.54) is 25.0 Å². The van der Waals surface area contributed by atoms with Gasteiger partial charge in [-0.05, 0) is 98.9 Å². The van der Waals surface area contributed by atoms with Crippen LogP contribution in [0.25, 0.3) is 11.1 Å². The second-order valence-electron chi connectivity index (χ2n) is 9.20. The van der Waals surface area contributed by atoms with Crippen LogP contribution < -0.4 is 9.47 Å². The molecule has 0 amide bonds. The Labute approximate surface area is 200 Å². The van der Waals surface area contributed by atoms with Gasteiger partial charge in [-0.3, -0.25) is 4.90 Å². The van der Waals surface area contributed by atoms with Gasteiger partial charge in [0.2, 0.25) is 0 Å². The van der Waals surface area contributed by atoms with Crippen molar-refractivity contribution in [2.75, 3.05) is 19.7 Å². The van der Waals surface area contributed by atoms with Crippen LogP contribution in [0.5, 0.6) is 17.2 Å². The Hall–Kier alpha value is -3.31. The molecule has 2 atom stereocenters. The fourth-order valence-corrected chi connectivity index (χ4v) is 4.92. The van der Waals surface area contributed by atoms with Crippen LogP contribution in [0.1, 0.15) is 49.5 Å². The van der Waals surface area contributed by atoms with E-state index in [4.69, 9.17) is 9.47 Å². The molecule has 0 radical (unpaired) electrons. The third kappa shape index (κ3) is 4.53. The molecule has 1 N–H and O–H groups in total. The smallest absolute Gasteiger partial charge is 0.150 e. The largest absolute Gasteiger partial charge is 0.508 e. The highest BCUT2D eigenvalue weighted by molar-refractivity contribution is 5.95. The van der Waals surface area contributed by atoms with Crippen LogP contribution >= 0.6 is 0 Å². The van der Waals surface area contributed by atoms with Crippen molar-refractivity contribution in [3.63, 3.8) is 0 Å². The highest BCUT2D eigenvalue weighted by Crippen LogP contribution is 2.47. The number of halogens is 1. The molecule has 0 spiro atoms. The summed E-state index contributed by atoms with van der Waals surface area (Å²) in [4.78, 5) is 2.47. The lowest BCUT2D eigenvalue weighted by Crippen LogP contribution is -2.34. The lowest BCUT2D eigenvalue weighted by molar-refractivity contribution is 0.172. The summed E-state index contributed by atoms with van der Waals surface area (Å²) < 4.78 is 26.1. The summed E-state index contributed by atoms with van der Waals surface area (Å²) in [6, 6.07) is 20.0. The molecule has 3 aromatic rings. The number of aromatic hydroxyl groups is 1. The lowest BCUT2D eigenvalue weighted by atomic mass is 9.86. The molecule has 34 heavy (non-hydrogen) atoms. The van der Waals surface area contributed by atoms with E-state index in [1.54, 1.807) is 30.3 Å². The average Bonchev–Trinajstić information content (AvgIpc) is 3.39. The number of nitrogens with zero attached hydrogens (tertiary/aromatic N) is 1. The van der Waals surface area contributed by atoms with Gasteiger partial charge in [-0.15, -0.1) is 0 Å². The molecule has 2 aliphatic heterocycles. The summed E-state index contributed by atoms with van der Waals surface area (Å²) in [5.41, 5.74) is 4.66. The first kappa shape index (κ1) is 22.5. The van der Waals surface area contributed by atoms with E-state index in [9.17, 15) is 9.50 Å². The van der Waals surface area contributed by atoms with Crippen LogP contribution in [0, 0.1) is 5.82 Å². The molecule has 0 aromatic heterocycles. The maximum absolute atomic E-state index is 13.6. The van der Waals surface area contributed by atoms with Crippen molar-refractivity contribution in [3.8, 4) is 17.2 Å². The van der Waals surface area contributed by atoms with Crippen LogP contribution in [-0.2, 0) is 0 Å². The Kier molecular flexibility index (Phi) is 6.29. The van der Waals surface area contributed by atoms with Crippen LogP contribution in [0.15, 0.2) is 66.7 Å². The highest BCUT2D eigenvalue weighted by Gasteiger charge is 2.29. The number of ether oxygens (including phenoxy) is 2. The van der Waals surface area contributed by atoms with E-state index in [0.29, 0.717) is 18.4 Å². The number of hydrogen-bond donors (Lipinski definition) is 1. The molecule has 4 nitrogen and oxygen atoms in total. The van der Waals surface area contributed by atoms with Crippen LogP contribution in [0.2, 0.25) is 0 Å². The minimum absolute atomic E-state index is 0.184. The minimum atomic E-state index is -0.361. The summed E-state index contributed by atoms with van der Waals surface area (Å²) in [5.74, 6) is 1.45. The summed E-state index contributed by atoms with van der Waals surface area (Å²) in [7, 11) is 0. The second-order valence-corrected chi connectivity index (χ2v) is 9.20. The molecule has 3 aromatic carbocycles. The Morgan fingerprint density at radius 3 is 2.44 bits per heavy atom. The minimum Gasteiger partial charge on any atom is -0.508 e. The molecule has 0 unspecified atom stereocenters. The number of fused-ring (bicyclic) bond motifs is 1. The van der Waals surface area contributed by atoms with Crippen molar-refractivity contribution in [1.82, 2.24) is 4.90 Å². The van der Waals surface area contributed by atoms with Gasteiger partial charge in [0.1, 0.15) is 35.8 Å². The normalized spacial score (nSPS) is 19.0. The third-order valence-corrected chi connectivity index (χ3v) is 6.87. The number of benzene rings is 3. The average molecular weight is 460 g/mol. The summed E-state index contributed by atoms with van der Waals surface area (Å²) in [5, 5.41) is 10.0. The van der Waals surface area contributed by atoms with Crippen LogP contribution in [-0.4, -0.2) is 35.7 Å². The Morgan fingerprint density at radius 2 is 1.74 bits per heavy atom. The zero-order valence-corrected chi connectivity index (χ0v) is 19.6. The maximum Gasteiger partial charge on any atom is 0.150 e. The molecule has 176 valence electrons. The van der Waals surface area contributed by atoms with Gasteiger partial charge in [-0.25, -0.2) is 4.39 Å². The maximum atomic E-state index is 13.6. The Balaban J connectivity index is 1.42. The number of phenols is 1. The van der Waals surface area contributed by atoms with E-state index < -0.39 is 0 Å². The van der Waals surface area contributed by atoms with Gasteiger partial charge in [0.15, 0.2) is 0 Å². The molecule has 2 heterocycles. The monoisotopic (exact) mass is 459 g/mol. The SMILES string of the molecule is CC1=C(c2ccc(F)cc2)[C@H](c2ccc(OC[C@H](C)N3CCCC3)cc2)Oc2ccc(O)cc21. The van der Waals surface area contributed by atoms with E-state index in [1.807, 2.05) is 31.2 Å². The summed E-state index contributed by atoms with van der Waals surface area (Å²) in [6.07, 6.45) is 2.18. The van der Waals surface area contributed by atoms with Gasteiger partial charge >= 0.3 is 0 Å². The van der Waals surface area contributed by atoms with E-state index in [2.05, 4.69) is 11.8 Å². The number of likely N-dealkylation sites (tertiary alicyclic amines) is 1. The standard InChI is InChI=1S/C29H30FNO3/c1-19(31-15-3-4-16-31)18-33-25-12-7-22(8-13-25)29-28(21-5-9-23(30)10-6-21)20(2)26-17-24(32)11-14-27(26)34-29/h5-14,17,19,29,32H,3-4,15-16,18H2,1-2H3/t19-,29-/m0/s1. The Bertz CT molecular complexity index is 1180.